The Morgan fingerprint density at radius 3 is 0.625 bits per heavy atom. The standard InChI is InChI=1S/C39H83P/c1-6-9-12-15-18-21-24-27-30-33-36-40(39(4)5,37-34-31-28-25-22-19-16-13-10-7-2)38-35-32-29-26-23-20-17-14-11-8-3/h39-40H,6-38H2,1-5H3. The summed E-state index contributed by atoms with van der Waals surface area (Å²) in [4.78, 5) is 0. The van der Waals surface area contributed by atoms with Gasteiger partial charge in [-0.25, -0.2) is 0 Å². The van der Waals surface area contributed by atoms with Gasteiger partial charge in [-0.1, -0.05) is 0 Å². The molecule has 0 N–H and O–H groups in total. The maximum atomic E-state index is 2.63. The van der Waals surface area contributed by atoms with Crippen LogP contribution in [0.5, 0.6) is 0 Å². The SMILES string of the molecule is CCCCCCCCCCCC[PH](CCCCCCCCCCCC)(CCCCCCCCCCCC)C(C)C. The number of rotatable bonds is 34. The molecule has 0 rings (SSSR count). The van der Waals surface area contributed by atoms with E-state index >= 15 is 0 Å². The van der Waals surface area contributed by atoms with Gasteiger partial charge in [-0.15, -0.1) is 0 Å². The molecule has 0 heterocycles. The van der Waals surface area contributed by atoms with Gasteiger partial charge in [0.25, 0.3) is 0 Å². The second-order valence-corrected chi connectivity index (χ2v) is 19.7. The average Bonchev–Trinajstić information content (AvgIpc) is 2.95. The van der Waals surface area contributed by atoms with Crippen LogP contribution in [0.25, 0.3) is 0 Å². The van der Waals surface area contributed by atoms with Crippen LogP contribution in [0.1, 0.15) is 227 Å². The minimum atomic E-state index is -1.14. The summed E-state index contributed by atoms with van der Waals surface area (Å²) in [5.41, 5.74) is 0.989. The monoisotopic (exact) mass is 583 g/mol. The van der Waals surface area contributed by atoms with Crippen molar-refractivity contribution in [1.82, 2.24) is 0 Å². The van der Waals surface area contributed by atoms with Crippen LogP contribution in [0.3, 0.4) is 0 Å². The van der Waals surface area contributed by atoms with E-state index in [0.717, 1.165) is 5.66 Å². The van der Waals surface area contributed by atoms with Crippen molar-refractivity contribution >= 4 is 7.26 Å². The van der Waals surface area contributed by atoms with E-state index in [4.69, 9.17) is 0 Å². The summed E-state index contributed by atoms with van der Waals surface area (Å²) < 4.78 is 0. The Bertz CT molecular complexity index is 396. The molecule has 0 unspecified atom stereocenters. The van der Waals surface area contributed by atoms with Crippen molar-refractivity contribution in [2.75, 3.05) is 18.5 Å². The van der Waals surface area contributed by atoms with Crippen LogP contribution in [-0.2, 0) is 0 Å². The molecule has 0 nitrogen and oxygen atoms in total. The zero-order chi connectivity index (χ0) is 29.4. The Hall–Kier alpha value is 0.430. The zero-order valence-corrected chi connectivity index (χ0v) is 30.4. The van der Waals surface area contributed by atoms with Crippen molar-refractivity contribution < 1.29 is 0 Å². The molecule has 0 aromatic rings. The van der Waals surface area contributed by atoms with Crippen LogP contribution >= 0.6 is 7.26 Å². The average molecular weight is 583 g/mol. The summed E-state index contributed by atoms with van der Waals surface area (Å²) >= 11 is 0. The minimum absolute atomic E-state index is 0.989. The first-order valence-corrected chi connectivity index (χ1v) is 22.3. The summed E-state index contributed by atoms with van der Waals surface area (Å²) in [6.45, 7) is 12.2. The molecule has 0 spiro atoms. The van der Waals surface area contributed by atoms with Crippen LogP contribution in [0.15, 0.2) is 0 Å². The maximum absolute atomic E-state index is 2.63. The first-order valence-electron chi connectivity index (χ1n) is 19.6. The fourth-order valence-electron chi connectivity index (χ4n) is 7.13. The Morgan fingerprint density at radius 2 is 0.450 bits per heavy atom. The van der Waals surface area contributed by atoms with E-state index < -0.39 is 7.26 Å². The third-order valence-electron chi connectivity index (χ3n) is 10.3. The van der Waals surface area contributed by atoms with Crippen molar-refractivity contribution in [3.05, 3.63) is 0 Å². The van der Waals surface area contributed by atoms with E-state index in [2.05, 4.69) is 34.6 Å². The molecule has 0 aromatic heterocycles. The van der Waals surface area contributed by atoms with Crippen LogP contribution in [0.2, 0.25) is 0 Å². The summed E-state index contributed by atoms with van der Waals surface area (Å²) in [5, 5.41) is 0. The molecule has 0 bridgehead atoms. The number of unbranched alkanes of at least 4 members (excludes halogenated alkanes) is 27. The molecule has 0 fully saturated rings. The van der Waals surface area contributed by atoms with Crippen molar-refractivity contribution in [2.45, 2.75) is 233 Å². The molecular weight excluding hydrogens is 499 g/mol. The Balaban J connectivity index is 4.38. The normalized spacial score (nSPS) is 12.6. The molecule has 0 saturated carbocycles. The van der Waals surface area contributed by atoms with Gasteiger partial charge in [-0.05, 0) is 0 Å². The molecule has 0 radical (unpaired) electrons. The van der Waals surface area contributed by atoms with Gasteiger partial charge in [0.15, 0.2) is 0 Å². The predicted octanol–water partition coefficient (Wildman–Crippen LogP) is 14.9. The topological polar surface area (TPSA) is 0 Å². The van der Waals surface area contributed by atoms with E-state index in [1.165, 1.54) is 173 Å². The summed E-state index contributed by atoms with van der Waals surface area (Å²) in [6.07, 6.45) is 49.4. The summed E-state index contributed by atoms with van der Waals surface area (Å²) in [7, 11) is -1.14. The molecule has 0 atom stereocenters. The molecule has 0 saturated heterocycles. The second-order valence-electron chi connectivity index (χ2n) is 14.3. The van der Waals surface area contributed by atoms with Crippen LogP contribution in [0.4, 0.5) is 0 Å². The third kappa shape index (κ3) is 26.1. The van der Waals surface area contributed by atoms with Gasteiger partial charge < -0.3 is 0 Å². The summed E-state index contributed by atoms with van der Waals surface area (Å²) in [6, 6.07) is 0. The van der Waals surface area contributed by atoms with Crippen molar-refractivity contribution in [3.8, 4) is 0 Å². The fourth-order valence-corrected chi connectivity index (χ4v) is 12.5. The van der Waals surface area contributed by atoms with E-state index in [0.29, 0.717) is 0 Å². The van der Waals surface area contributed by atoms with Crippen LogP contribution < -0.4 is 0 Å². The predicted molar refractivity (Wildman–Crippen MR) is 194 cm³/mol. The molecule has 1 heteroatoms. The van der Waals surface area contributed by atoms with Gasteiger partial charge >= 0.3 is 259 Å². The zero-order valence-electron chi connectivity index (χ0n) is 29.4. The molecule has 40 heavy (non-hydrogen) atoms. The molecular formula is C39H83P. The Kier molecular flexibility index (Phi) is 32.7. The quantitative estimate of drug-likeness (QED) is 0.0523. The number of hydrogen-bond donors (Lipinski definition) is 0. The van der Waals surface area contributed by atoms with E-state index in [1.807, 2.05) is 0 Å². The van der Waals surface area contributed by atoms with E-state index in [-0.39, 0.29) is 0 Å². The van der Waals surface area contributed by atoms with Gasteiger partial charge in [0.1, 0.15) is 0 Å². The second kappa shape index (κ2) is 32.3. The van der Waals surface area contributed by atoms with Gasteiger partial charge in [0.05, 0.1) is 0 Å². The van der Waals surface area contributed by atoms with Crippen molar-refractivity contribution in [1.29, 1.82) is 0 Å². The summed E-state index contributed by atoms with van der Waals surface area (Å²) in [5.74, 6) is 0. The third-order valence-corrected chi connectivity index (χ3v) is 16.8. The van der Waals surface area contributed by atoms with E-state index in [1.54, 1.807) is 37.7 Å². The molecule has 0 aliphatic heterocycles. The van der Waals surface area contributed by atoms with Crippen molar-refractivity contribution in [3.63, 3.8) is 0 Å². The van der Waals surface area contributed by atoms with Gasteiger partial charge in [-0.2, -0.15) is 0 Å². The Morgan fingerprint density at radius 1 is 0.275 bits per heavy atom. The molecule has 0 amide bonds. The number of hydrogen-bond acceptors (Lipinski definition) is 0. The van der Waals surface area contributed by atoms with Crippen LogP contribution in [0, 0.1) is 0 Å². The van der Waals surface area contributed by atoms with Gasteiger partial charge in [-0.3, -0.25) is 0 Å². The first kappa shape index (κ1) is 40.4. The van der Waals surface area contributed by atoms with E-state index in [9.17, 15) is 0 Å². The first-order chi connectivity index (χ1) is 19.6. The van der Waals surface area contributed by atoms with Gasteiger partial charge in [0.2, 0.25) is 0 Å². The Labute approximate surface area is 258 Å². The molecule has 0 aliphatic carbocycles. The molecule has 0 aliphatic rings. The van der Waals surface area contributed by atoms with Gasteiger partial charge in [0, 0.05) is 0 Å². The van der Waals surface area contributed by atoms with Crippen molar-refractivity contribution in [2.24, 2.45) is 0 Å². The fraction of sp³-hybridized carbons (Fsp3) is 1.00. The molecule has 0 aromatic carbocycles. The van der Waals surface area contributed by atoms with Crippen LogP contribution in [-0.4, -0.2) is 24.1 Å². The molecule has 244 valence electrons.